The summed E-state index contributed by atoms with van der Waals surface area (Å²) in [5, 5.41) is 0. The van der Waals surface area contributed by atoms with Crippen molar-refractivity contribution < 1.29 is 47.7 Å². The van der Waals surface area contributed by atoms with Crippen molar-refractivity contribution in [2.45, 2.75) is 8.86 Å². The van der Waals surface area contributed by atoms with E-state index in [-0.39, 0.29) is 38.2 Å². The molecule has 0 N–H and O–H groups in total. The quantitative estimate of drug-likeness (QED) is 0.359. The molecule has 0 radical (unpaired) electrons. The van der Waals surface area contributed by atoms with E-state index in [1.54, 1.807) is 14.2 Å². The molecule has 0 bridgehead atoms. The van der Waals surface area contributed by atoms with E-state index in [9.17, 15) is 0 Å². The second-order valence-electron chi connectivity index (χ2n) is 4.15. The molecule has 0 atom stereocenters. The lowest BCUT2D eigenvalue weighted by Gasteiger charge is -1.99. The van der Waals surface area contributed by atoms with Gasteiger partial charge < -0.3 is 26.5 Å². The van der Waals surface area contributed by atoms with Crippen LogP contribution in [0.1, 0.15) is 11.1 Å². The van der Waals surface area contributed by atoms with Gasteiger partial charge in [0.05, 0.1) is 14.2 Å². The second kappa shape index (κ2) is 9.23. The smallest absolute Gasteiger partial charge is 0.278 e. The number of alkyl halides is 2. The van der Waals surface area contributed by atoms with E-state index in [2.05, 4.69) is 24.3 Å². The first-order valence-corrected chi connectivity index (χ1v) is 9.16. The number of methoxy groups -OCH3 is 2. The summed E-state index contributed by atoms with van der Waals surface area (Å²) in [6.45, 7) is 0. The summed E-state index contributed by atoms with van der Waals surface area (Å²) in [6, 6.07) is 16.8. The monoisotopic (exact) mass is 448 g/mol. The van der Waals surface area contributed by atoms with Gasteiger partial charge in [-0.3, -0.25) is 0 Å². The van der Waals surface area contributed by atoms with Crippen LogP contribution in [0.2, 0.25) is 0 Å². The zero-order valence-corrected chi connectivity index (χ0v) is 15.3. The van der Waals surface area contributed by atoms with Gasteiger partial charge in [-0.1, -0.05) is 24.3 Å². The maximum Gasteiger partial charge on any atom is 0.278 e. The van der Waals surface area contributed by atoms with Gasteiger partial charge in [0, 0.05) is 0 Å². The summed E-state index contributed by atoms with van der Waals surface area (Å²) in [5.74, 6) is 1.86. The molecule has 0 aromatic heterocycles. The third kappa shape index (κ3) is 5.32. The number of hydrogen-bond donors (Lipinski definition) is 0. The fraction of sp³-hybridized carbons (Fsp3) is 0.250. The van der Waals surface area contributed by atoms with Crippen molar-refractivity contribution in [1.82, 2.24) is 0 Å². The molecule has 2 aromatic carbocycles. The van der Waals surface area contributed by atoms with E-state index in [1.165, 1.54) is 20.0 Å². The third-order valence-corrected chi connectivity index (χ3v) is 5.66. The average molecular weight is 449 g/mol. The summed E-state index contributed by atoms with van der Waals surface area (Å²) in [4.78, 5) is 0. The molecule has 0 saturated carbocycles. The first-order chi connectivity index (χ1) is 9.31. The summed E-state index contributed by atoms with van der Waals surface area (Å²) in [5.41, 5.74) is 2.81. The van der Waals surface area contributed by atoms with Crippen LogP contribution in [0.4, 0.5) is 0 Å². The highest BCUT2D eigenvalue weighted by molar-refractivity contribution is 5.27. The van der Waals surface area contributed by atoms with Gasteiger partial charge in [-0.25, -0.2) is 0 Å². The Balaban J connectivity index is 0.00000200. The number of hydrogen-bond acceptors (Lipinski definition) is 2. The van der Waals surface area contributed by atoms with Crippen molar-refractivity contribution in [3.8, 4) is 11.5 Å². The van der Waals surface area contributed by atoms with E-state index in [0.29, 0.717) is 0 Å². The van der Waals surface area contributed by atoms with E-state index in [0.717, 1.165) is 11.5 Å². The Labute approximate surface area is 141 Å². The minimum absolute atomic E-state index is 0. The fourth-order valence-electron chi connectivity index (χ4n) is 1.69. The normalized spacial score (nSPS) is 9.70. The molecule has 2 rings (SSSR count). The number of rotatable bonds is 6. The van der Waals surface area contributed by atoms with Crippen molar-refractivity contribution in [1.29, 1.82) is 0 Å². The molecule has 0 unspecified atom stereocenters. The molecule has 0 aliphatic rings. The molecule has 0 aliphatic carbocycles. The van der Waals surface area contributed by atoms with Crippen LogP contribution in [-0.2, 0) is 8.86 Å². The van der Waals surface area contributed by atoms with E-state index in [4.69, 9.17) is 9.47 Å². The van der Waals surface area contributed by atoms with Crippen LogP contribution in [0.3, 0.4) is 0 Å². The van der Waals surface area contributed by atoms with Gasteiger partial charge in [0.2, 0.25) is 0 Å². The predicted molar refractivity (Wildman–Crippen MR) is 73.4 cm³/mol. The highest BCUT2D eigenvalue weighted by Gasteiger charge is 2.09. The highest BCUT2D eigenvalue weighted by atomic mass is 127. The summed E-state index contributed by atoms with van der Waals surface area (Å²) in [6.07, 6.45) is 0. The Hall–Kier alpha value is -0.750. The lowest BCUT2D eigenvalue weighted by atomic mass is 10.2. The maximum absolute atomic E-state index is 5.16. The zero-order chi connectivity index (χ0) is 13.5. The van der Waals surface area contributed by atoms with Crippen molar-refractivity contribution in [3.63, 3.8) is 0 Å². The van der Waals surface area contributed by atoms with Crippen LogP contribution in [0.15, 0.2) is 48.5 Å². The molecular formula is C16H18BrIO2. The molecule has 0 spiro atoms. The van der Waals surface area contributed by atoms with Crippen molar-refractivity contribution in [3.05, 3.63) is 59.7 Å². The van der Waals surface area contributed by atoms with Crippen LogP contribution in [0.25, 0.3) is 0 Å². The first kappa shape index (κ1) is 17.3. The molecule has 4 heteroatoms. The van der Waals surface area contributed by atoms with Crippen LogP contribution in [0.5, 0.6) is 11.5 Å². The molecule has 20 heavy (non-hydrogen) atoms. The third-order valence-electron chi connectivity index (χ3n) is 2.82. The summed E-state index contributed by atoms with van der Waals surface area (Å²) < 4.78 is 12.7. The standard InChI is InChI=1S/C16H18IO2.BrH/c1-18-15-7-3-13(4-8-15)11-17-12-14-5-9-16(19-2)10-6-14;/h3-10H,11-12H2,1-2H3;1H/q+1;/p-1. The topological polar surface area (TPSA) is 18.5 Å². The molecular weight excluding hydrogens is 431 g/mol. The van der Waals surface area contributed by atoms with Gasteiger partial charge in [0.1, 0.15) is 11.5 Å². The van der Waals surface area contributed by atoms with Crippen LogP contribution < -0.4 is 47.7 Å². The van der Waals surface area contributed by atoms with E-state index in [1.807, 2.05) is 24.3 Å². The van der Waals surface area contributed by atoms with Crippen LogP contribution in [-0.4, -0.2) is 14.2 Å². The van der Waals surface area contributed by atoms with Gasteiger partial charge in [-0.15, -0.1) is 0 Å². The summed E-state index contributed by atoms with van der Waals surface area (Å²) in [7, 11) is 3.40. The number of benzene rings is 2. The Bertz CT molecular complexity index is 449. The zero-order valence-electron chi connectivity index (χ0n) is 11.6. The van der Waals surface area contributed by atoms with Gasteiger partial charge in [0.25, 0.3) is 21.2 Å². The molecule has 0 heterocycles. The minimum atomic E-state index is 0. The average Bonchev–Trinajstić information content (AvgIpc) is 2.49. The lowest BCUT2D eigenvalue weighted by molar-refractivity contribution is -0.686. The Kier molecular flexibility index (Phi) is 7.99. The molecule has 0 amide bonds. The van der Waals surface area contributed by atoms with Gasteiger partial charge >= 0.3 is 0 Å². The SMILES string of the molecule is COc1ccc(C[I+]Cc2ccc(OC)cc2)cc1.[Br-]. The summed E-state index contributed by atoms with van der Waals surface area (Å²) >= 11 is 0.157. The van der Waals surface area contributed by atoms with Crippen molar-refractivity contribution >= 4 is 0 Å². The van der Waals surface area contributed by atoms with Gasteiger partial charge in [0.15, 0.2) is 8.86 Å². The fourth-order valence-corrected chi connectivity index (χ4v) is 4.23. The molecule has 108 valence electrons. The number of halogens is 2. The lowest BCUT2D eigenvalue weighted by Crippen LogP contribution is -3.61. The van der Waals surface area contributed by atoms with Crippen molar-refractivity contribution in [2.24, 2.45) is 0 Å². The molecule has 2 nitrogen and oxygen atoms in total. The number of ether oxygens (including phenoxy) is 2. The van der Waals surface area contributed by atoms with Crippen molar-refractivity contribution in [2.75, 3.05) is 14.2 Å². The predicted octanol–water partition coefficient (Wildman–Crippen LogP) is -2.50. The first-order valence-electron chi connectivity index (χ1n) is 6.11. The Morgan fingerprint density at radius 3 is 1.35 bits per heavy atom. The second-order valence-corrected chi connectivity index (χ2v) is 6.76. The van der Waals surface area contributed by atoms with E-state index < -0.39 is 0 Å². The molecule has 0 fully saturated rings. The maximum atomic E-state index is 5.16. The molecule has 0 aliphatic heterocycles. The van der Waals surface area contributed by atoms with Crippen LogP contribution >= 0.6 is 0 Å². The molecule has 2 aromatic rings. The van der Waals surface area contributed by atoms with E-state index >= 15 is 0 Å². The Morgan fingerprint density at radius 1 is 0.700 bits per heavy atom. The molecule has 0 saturated heterocycles. The highest BCUT2D eigenvalue weighted by Crippen LogP contribution is 2.11. The largest absolute Gasteiger partial charge is 1.00 e. The van der Waals surface area contributed by atoms with Crippen LogP contribution in [0, 0.1) is 0 Å². The van der Waals surface area contributed by atoms with Gasteiger partial charge in [-0.2, -0.15) is 0 Å². The van der Waals surface area contributed by atoms with Gasteiger partial charge in [-0.05, 0) is 35.4 Å². The minimum Gasteiger partial charge on any atom is -1.00 e. The Morgan fingerprint density at radius 2 is 1.05 bits per heavy atom.